The second kappa shape index (κ2) is 6.51. The Balaban J connectivity index is 1.92. The maximum Gasteiger partial charge on any atom is 0.0186 e. The third-order valence-electron chi connectivity index (χ3n) is 8.82. The molecule has 0 aromatic rings. The molecule has 2 rings (SSSR count). The number of hydrogen-bond acceptors (Lipinski definition) is 2. The lowest BCUT2D eigenvalue weighted by molar-refractivity contribution is 0.0843. The first kappa shape index (κ1) is 21.2. The minimum absolute atomic E-state index is 0.317. The Kier molecular flexibility index (Phi) is 5.53. The van der Waals surface area contributed by atoms with Crippen molar-refractivity contribution >= 4 is 0 Å². The van der Waals surface area contributed by atoms with Crippen LogP contribution in [0.4, 0.5) is 0 Å². The normalized spacial score (nSPS) is 35.2. The van der Waals surface area contributed by atoms with E-state index in [0.717, 1.165) is 17.8 Å². The molecule has 3 atom stereocenters. The molecular formula is C23H46N2. The number of rotatable bonds is 5. The van der Waals surface area contributed by atoms with Gasteiger partial charge in [-0.25, -0.2) is 0 Å². The highest BCUT2D eigenvalue weighted by Crippen LogP contribution is 2.49. The van der Waals surface area contributed by atoms with Gasteiger partial charge in [0.25, 0.3) is 0 Å². The summed E-state index contributed by atoms with van der Waals surface area (Å²) in [4.78, 5) is 5.24. The Morgan fingerprint density at radius 3 is 1.68 bits per heavy atom. The van der Waals surface area contributed by atoms with Crippen LogP contribution in [0.3, 0.4) is 0 Å². The van der Waals surface area contributed by atoms with E-state index < -0.39 is 0 Å². The second-order valence-corrected chi connectivity index (χ2v) is 11.7. The third-order valence-corrected chi connectivity index (χ3v) is 8.82. The van der Waals surface area contributed by atoms with Crippen molar-refractivity contribution in [1.29, 1.82) is 0 Å². The van der Waals surface area contributed by atoms with Gasteiger partial charge in [-0.1, -0.05) is 19.8 Å². The van der Waals surface area contributed by atoms with Crippen LogP contribution in [0, 0.1) is 17.8 Å². The molecule has 0 aromatic heterocycles. The molecule has 0 N–H and O–H groups in total. The van der Waals surface area contributed by atoms with Crippen molar-refractivity contribution in [1.82, 2.24) is 9.80 Å². The van der Waals surface area contributed by atoms with Crippen molar-refractivity contribution in [2.75, 3.05) is 14.1 Å². The molecule has 0 aliphatic carbocycles. The topological polar surface area (TPSA) is 6.48 Å². The summed E-state index contributed by atoms with van der Waals surface area (Å²) in [5, 5.41) is 0. The van der Waals surface area contributed by atoms with E-state index in [-0.39, 0.29) is 0 Å². The summed E-state index contributed by atoms with van der Waals surface area (Å²) in [6, 6.07) is 0. The van der Waals surface area contributed by atoms with Gasteiger partial charge in [-0.15, -0.1) is 0 Å². The highest BCUT2D eigenvalue weighted by atomic mass is 15.3. The smallest absolute Gasteiger partial charge is 0.0186 e. The average molecular weight is 351 g/mol. The lowest BCUT2D eigenvalue weighted by Gasteiger charge is -2.40. The Morgan fingerprint density at radius 2 is 1.28 bits per heavy atom. The first-order valence-electron chi connectivity index (χ1n) is 10.6. The van der Waals surface area contributed by atoms with Crippen molar-refractivity contribution in [2.24, 2.45) is 17.8 Å². The fourth-order valence-corrected chi connectivity index (χ4v) is 6.24. The largest absolute Gasteiger partial charge is 0.296 e. The molecule has 148 valence electrons. The predicted octanol–water partition coefficient (Wildman–Crippen LogP) is 5.81. The highest BCUT2D eigenvalue weighted by molar-refractivity contribution is 5.06. The van der Waals surface area contributed by atoms with Gasteiger partial charge in [0.2, 0.25) is 0 Å². The van der Waals surface area contributed by atoms with E-state index in [1.54, 1.807) is 0 Å². The number of likely N-dealkylation sites (tertiary alicyclic amines) is 2. The summed E-state index contributed by atoms with van der Waals surface area (Å²) in [6.07, 6.45) is 6.83. The lowest BCUT2D eigenvalue weighted by Crippen LogP contribution is -2.47. The van der Waals surface area contributed by atoms with Crippen LogP contribution in [0.5, 0.6) is 0 Å². The summed E-state index contributed by atoms with van der Waals surface area (Å²) >= 11 is 0. The molecular weight excluding hydrogens is 304 g/mol. The Morgan fingerprint density at radius 1 is 0.800 bits per heavy atom. The molecule has 2 fully saturated rings. The summed E-state index contributed by atoms with van der Waals surface area (Å²) in [5.41, 5.74) is 1.34. The number of nitrogens with zero attached hydrogens (tertiary/aromatic N) is 2. The van der Waals surface area contributed by atoms with Crippen molar-refractivity contribution in [3.05, 3.63) is 0 Å². The molecule has 2 saturated heterocycles. The van der Waals surface area contributed by atoms with E-state index in [1.807, 2.05) is 0 Å². The van der Waals surface area contributed by atoms with Crippen LogP contribution >= 0.6 is 0 Å². The standard InChI is InChI=1S/C23H46N2/c1-17(19-16-21(4,5)25(11)23(19,8)9)13-12-14-18-15-20(2,3)24(10)22(18,6)7/h17-19H,12-16H2,1-11H3. The van der Waals surface area contributed by atoms with Gasteiger partial charge in [0.1, 0.15) is 0 Å². The van der Waals surface area contributed by atoms with Crippen molar-refractivity contribution in [3.63, 3.8) is 0 Å². The highest BCUT2D eigenvalue weighted by Gasteiger charge is 2.51. The van der Waals surface area contributed by atoms with E-state index >= 15 is 0 Å². The minimum atomic E-state index is 0.317. The number of hydrogen-bond donors (Lipinski definition) is 0. The minimum Gasteiger partial charge on any atom is -0.296 e. The van der Waals surface area contributed by atoms with E-state index in [9.17, 15) is 0 Å². The van der Waals surface area contributed by atoms with Crippen LogP contribution in [-0.4, -0.2) is 46.1 Å². The van der Waals surface area contributed by atoms with Crippen molar-refractivity contribution in [2.45, 2.75) is 117 Å². The molecule has 2 nitrogen and oxygen atoms in total. The zero-order chi connectivity index (χ0) is 19.4. The quantitative estimate of drug-likeness (QED) is 0.617. The van der Waals surface area contributed by atoms with Crippen molar-refractivity contribution in [3.8, 4) is 0 Å². The van der Waals surface area contributed by atoms with Gasteiger partial charge in [-0.05, 0) is 107 Å². The molecule has 3 unspecified atom stereocenters. The Bertz CT molecular complexity index is 474. The van der Waals surface area contributed by atoms with Gasteiger partial charge < -0.3 is 0 Å². The molecule has 25 heavy (non-hydrogen) atoms. The maximum atomic E-state index is 2.62. The molecule has 0 spiro atoms. The van der Waals surface area contributed by atoms with E-state index in [0.29, 0.717) is 22.2 Å². The molecule has 0 bridgehead atoms. The summed E-state index contributed by atoms with van der Waals surface area (Å²) in [5.74, 6) is 2.45. The lowest BCUT2D eigenvalue weighted by atomic mass is 9.75. The molecule has 0 aromatic carbocycles. The molecule has 0 radical (unpaired) electrons. The first-order valence-corrected chi connectivity index (χ1v) is 10.6. The summed E-state index contributed by atoms with van der Waals surface area (Å²) in [6.45, 7) is 22.0. The van der Waals surface area contributed by atoms with Crippen LogP contribution in [0.25, 0.3) is 0 Å². The zero-order valence-corrected chi connectivity index (χ0v) is 19.2. The summed E-state index contributed by atoms with van der Waals surface area (Å²) < 4.78 is 0. The van der Waals surface area contributed by atoms with Gasteiger partial charge in [-0.3, -0.25) is 9.80 Å². The van der Waals surface area contributed by atoms with Gasteiger partial charge >= 0.3 is 0 Å². The maximum absolute atomic E-state index is 2.62. The third kappa shape index (κ3) is 3.68. The fraction of sp³-hybridized carbons (Fsp3) is 1.00. The predicted molar refractivity (Wildman–Crippen MR) is 111 cm³/mol. The molecule has 2 aliphatic rings. The fourth-order valence-electron chi connectivity index (χ4n) is 6.24. The SMILES string of the molecule is CC(CCCC1CC(C)(C)N(C)C1(C)C)C1CC(C)(C)N(C)C1(C)C. The van der Waals surface area contributed by atoms with Crippen molar-refractivity contribution < 1.29 is 0 Å². The van der Waals surface area contributed by atoms with Crippen LogP contribution < -0.4 is 0 Å². The Labute approximate surface area is 158 Å². The van der Waals surface area contributed by atoms with Gasteiger partial charge in [-0.2, -0.15) is 0 Å². The Hall–Kier alpha value is -0.0800. The van der Waals surface area contributed by atoms with E-state index in [1.165, 1.54) is 32.1 Å². The molecule has 2 heterocycles. The zero-order valence-electron chi connectivity index (χ0n) is 19.2. The molecule has 0 saturated carbocycles. The van der Waals surface area contributed by atoms with Crippen LogP contribution in [-0.2, 0) is 0 Å². The molecule has 0 amide bonds. The molecule has 2 aliphatic heterocycles. The second-order valence-electron chi connectivity index (χ2n) is 11.7. The molecule has 2 heteroatoms. The summed E-state index contributed by atoms with van der Waals surface area (Å²) in [7, 11) is 4.65. The van der Waals surface area contributed by atoms with Gasteiger partial charge in [0, 0.05) is 22.2 Å². The van der Waals surface area contributed by atoms with Gasteiger partial charge in [0.05, 0.1) is 0 Å². The van der Waals surface area contributed by atoms with Crippen LogP contribution in [0.2, 0.25) is 0 Å². The van der Waals surface area contributed by atoms with E-state index in [4.69, 9.17) is 0 Å². The van der Waals surface area contributed by atoms with E-state index in [2.05, 4.69) is 86.2 Å². The van der Waals surface area contributed by atoms with Gasteiger partial charge in [0.15, 0.2) is 0 Å². The monoisotopic (exact) mass is 350 g/mol. The van der Waals surface area contributed by atoms with Crippen LogP contribution in [0.15, 0.2) is 0 Å². The average Bonchev–Trinajstić information content (AvgIpc) is 2.74. The van der Waals surface area contributed by atoms with Crippen LogP contribution in [0.1, 0.15) is 94.4 Å². The first-order chi connectivity index (χ1) is 11.1.